The maximum atomic E-state index is 12.3. The van der Waals surface area contributed by atoms with Crippen molar-refractivity contribution in [2.24, 2.45) is 0 Å². The molecule has 2 amide bonds. The smallest absolute Gasteiger partial charge is 0.319 e. The first-order valence-electron chi connectivity index (χ1n) is 10.00. The van der Waals surface area contributed by atoms with E-state index in [0.29, 0.717) is 31.2 Å². The standard InChI is InChI=1S/C24H22N4O3S/c29-24(28-20-4-1-5-23(11-20)31-15-21-16-32-17-27-21)26-13-18-6-8-22(9-7-18)30-14-19-3-2-10-25-12-19/h1-12,16-17H,13-15H2,(H2,26,28,29). The summed E-state index contributed by atoms with van der Waals surface area (Å²) in [6.45, 7) is 1.25. The molecule has 0 spiro atoms. The van der Waals surface area contributed by atoms with Crippen LogP contribution in [0.5, 0.6) is 11.5 Å². The lowest BCUT2D eigenvalue weighted by molar-refractivity contribution is 0.251. The van der Waals surface area contributed by atoms with E-state index in [4.69, 9.17) is 9.47 Å². The number of urea groups is 1. The summed E-state index contributed by atoms with van der Waals surface area (Å²) in [4.78, 5) is 20.5. The molecule has 2 aromatic heterocycles. The molecule has 0 unspecified atom stereocenters. The molecule has 0 atom stereocenters. The summed E-state index contributed by atoms with van der Waals surface area (Å²) >= 11 is 1.53. The molecule has 4 aromatic rings. The van der Waals surface area contributed by atoms with E-state index < -0.39 is 0 Å². The van der Waals surface area contributed by atoms with Gasteiger partial charge in [-0.15, -0.1) is 11.3 Å². The number of amides is 2. The van der Waals surface area contributed by atoms with Crippen LogP contribution in [0.4, 0.5) is 10.5 Å². The Balaban J connectivity index is 1.22. The third kappa shape index (κ3) is 6.55. The maximum Gasteiger partial charge on any atom is 0.319 e. The van der Waals surface area contributed by atoms with E-state index in [-0.39, 0.29) is 6.03 Å². The van der Waals surface area contributed by atoms with Crippen LogP contribution >= 0.6 is 11.3 Å². The Morgan fingerprint density at radius 1 is 0.938 bits per heavy atom. The zero-order valence-corrected chi connectivity index (χ0v) is 18.0. The average Bonchev–Trinajstić information content (AvgIpc) is 3.36. The maximum absolute atomic E-state index is 12.3. The van der Waals surface area contributed by atoms with Gasteiger partial charge in [0.05, 0.1) is 11.2 Å². The summed E-state index contributed by atoms with van der Waals surface area (Å²) in [6.07, 6.45) is 3.51. The number of nitrogens with zero attached hydrogens (tertiary/aromatic N) is 2. The highest BCUT2D eigenvalue weighted by molar-refractivity contribution is 7.07. The van der Waals surface area contributed by atoms with Crippen molar-refractivity contribution in [3.63, 3.8) is 0 Å². The van der Waals surface area contributed by atoms with E-state index >= 15 is 0 Å². The van der Waals surface area contributed by atoms with E-state index in [2.05, 4.69) is 20.6 Å². The molecule has 0 radical (unpaired) electrons. The fourth-order valence-corrected chi connectivity index (χ4v) is 3.38. The van der Waals surface area contributed by atoms with Gasteiger partial charge in [0.2, 0.25) is 0 Å². The predicted molar refractivity (Wildman–Crippen MR) is 124 cm³/mol. The summed E-state index contributed by atoms with van der Waals surface area (Å²) in [5.41, 5.74) is 5.27. The minimum atomic E-state index is -0.293. The molecule has 8 heteroatoms. The first-order chi connectivity index (χ1) is 15.7. The fraction of sp³-hybridized carbons (Fsp3) is 0.125. The fourth-order valence-electron chi connectivity index (χ4n) is 2.84. The van der Waals surface area contributed by atoms with Crippen LogP contribution in [0.15, 0.2) is 83.9 Å². The molecule has 0 aliphatic rings. The van der Waals surface area contributed by atoms with Gasteiger partial charge in [-0.1, -0.05) is 24.3 Å². The number of carbonyl (C=O) groups is 1. The van der Waals surface area contributed by atoms with Crippen LogP contribution in [0.3, 0.4) is 0 Å². The average molecular weight is 447 g/mol. The molecule has 0 saturated carbocycles. The number of nitrogens with one attached hydrogen (secondary N) is 2. The van der Waals surface area contributed by atoms with Gasteiger partial charge in [-0.2, -0.15) is 0 Å². The molecule has 0 aliphatic carbocycles. The zero-order chi connectivity index (χ0) is 22.0. The van der Waals surface area contributed by atoms with Crippen LogP contribution < -0.4 is 20.1 Å². The molecular weight excluding hydrogens is 424 g/mol. The number of hydrogen-bond donors (Lipinski definition) is 2. The highest BCUT2D eigenvalue weighted by atomic mass is 32.1. The first kappa shape index (κ1) is 21.3. The van der Waals surface area contributed by atoms with Gasteiger partial charge in [-0.3, -0.25) is 4.98 Å². The molecule has 0 saturated heterocycles. The highest BCUT2D eigenvalue weighted by Crippen LogP contribution is 2.19. The molecule has 2 aromatic carbocycles. The number of rotatable bonds is 9. The van der Waals surface area contributed by atoms with Crippen molar-refractivity contribution in [3.05, 3.63) is 101 Å². The van der Waals surface area contributed by atoms with Crippen LogP contribution in [-0.2, 0) is 19.8 Å². The lowest BCUT2D eigenvalue weighted by Crippen LogP contribution is -2.28. The van der Waals surface area contributed by atoms with Crippen molar-refractivity contribution in [2.75, 3.05) is 5.32 Å². The van der Waals surface area contributed by atoms with Gasteiger partial charge in [-0.05, 0) is 35.9 Å². The molecule has 2 heterocycles. The summed E-state index contributed by atoms with van der Waals surface area (Å²) in [6, 6.07) is 18.4. The predicted octanol–water partition coefficient (Wildman–Crippen LogP) is 5.02. The second-order valence-electron chi connectivity index (χ2n) is 6.90. The van der Waals surface area contributed by atoms with Crippen molar-refractivity contribution in [1.82, 2.24) is 15.3 Å². The van der Waals surface area contributed by atoms with E-state index in [1.807, 2.05) is 60.0 Å². The molecule has 162 valence electrons. The molecule has 2 N–H and O–H groups in total. The molecule has 0 bridgehead atoms. The Morgan fingerprint density at radius 2 is 1.81 bits per heavy atom. The van der Waals surface area contributed by atoms with E-state index in [9.17, 15) is 4.79 Å². The quantitative estimate of drug-likeness (QED) is 0.377. The van der Waals surface area contributed by atoms with E-state index in [1.54, 1.807) is 24.0 Å². The van der Waals surface area contributed by atoms with E-state index in [0.717, 1.165) is 22.6 Å². The Labute approximate surface area is 190 Å². The Morgan fingerprint density at radius 3 is 2.59 bits per heavy atom. The van der Waals surface area contributed by atoms with Crippen LogP contribution in [0.25, 0.3) is 0 Å². The van der Waals surface area contributed by atoms with Gasteiger partial charge in [0.1, 0.15) is 24.7 Å². The number of carbonyl (C=O) groups excluding carboxylic acids is 1. The number of thiazole rings is 1. The van der Waals surface area contributed by atoms with Crippen LogP contribution in [0, 0.1) is 0 Å². The SMILES string of the molecule is O=C(NCc1ccc(OCc2cccnc2)cc1)Nc1cccc(OCc2cscn2)c1. The van der Waals surface area contributed by atoms with Crippen LogP contribution in [0.2, 0.25) is 0 Å². The zero-order valence-electron chi connectivity index (χ0n) is 17.2. The molecule has 0 aliphatic heterocycles. The second-order valence-corrected chi connectivity index (χ2v) is 7.62. The first-order valence-corrected chi connectivity index (χ1v) is 10.9. The monoisotopic (exact) mass is 446 g/mol. The lowest BCUT2D eigenvalue weighted by Gasteiger charge is -2.10. The molecule has 4 rings (SSSR count). The van der Waals surface area contributed by atoms with Crippen molar-refractivity contribution in [1.29, 1.82) is 0 Å². The summed E-state index contributed by atoms with van der Waals surface area (Å²) in [5.74, 6) is 1.43. The number of anilines is 1. The number of aromatic nitrogens is 2. The van der Waals surface area contributed by atoms with Gasteiger partial charge < -0.3 is 20.1 Å². The number of benzene rings is 2. The third-order valence-electron chi connectivity index (χ3n) is 4.47. The van der Waals surface area contributed by atoms with E-state index in [1.165, 1.54) is 11.3 Å². The van der Waals surface area contributed by atoms with Gasteiger partial charge in [0.15, 0.2) is 0 Å². The minimum Gasteiger partial charge on any atom is -0.489 e. The molecule has 7 nitrogen and oxygen atoms in total. The van der Waals surface area contributed by atoms with Gasteiger partial charge in [-0.25, -0.2) is 9.78 Å². The number of hydrogen-bond acceptors (Lipinski definition) is 6. The van der Waals surface area contributed by atoms with Crippen molar-refractivity contribution in [3.8, 4) is 11.5 Å². The topological polar surface area (TPSA) is 85.4 Å². The van der Waals surface area contributed by atoms with Crippen LogP contribution in [0.1, 0.15) is 16.8 Å². The van der Waals surface area contributed by atoms with Crippen molar-refractivity contribution in [2.45, 2.75) is 19.8 Å². The van der Waals surface area contributed by atoms with Crippen molar-refractivity contribution < 1.29 is 14.3 Å². The largest absolute Gasteiger partial charge is 0.489 e. The van der Waals surface area contributed by atoms with Gasteiger partial charge >= 0.3 is 6.03 Å². The Bertz CT molecular complexity index is 1120. The summed E-state index contributed by atoms with van der Waals surface area (Å²) in [5, 5.41) is 7.61. The summed E-state index contributed by atoms with van der Waals surface area (Å²) in [7, 11) is 0. The Kier molecular flexibility index (Phi) is 7.28. The molecule has 32 heavy (non-hydrogen) atoms. The number of ether oxygens (including phenoxy) is 2. The normalized spacial score (nSPS) is 10.4. The number of pyridine rings is 1. The minimum absolute atomic E-state index is 0.293. The summed E-state index contributed by atoms with van der Waals surface area (Å²) < 4.78 is 11.5. The van der Waals surface area contributed by atoms with Gasteiger partial charge in [0, 0.05) is 41.6 Å². The van der Waals surface area contributed by atoms with Crippen LogP contribution in [-0.4, -0.2) is 16.0 Å². The highest BCUT2D eigenvalue weighted by Gasteiger charge is 2.05. The van der Waals surface area contributed by atoms with Gasteiger partial charge in [0.25, 0.3) is 0 Å². The second kappa shape index (κ2) is 10.9. The third-order valence-corrected chi connectivity index (χ3v) is 5.10. The Hall–Kier alpha value is -3.91. The molecule has 0 fully saturated rings. The van der Waals surface area contributed by atoms with Crippen molar-refractivity contribution >= 4 is 23.1 Å². The molecular formula is C24H22N4O3S. The lowest BCUT2D eigenvalue weighted by atomic mass is 10.2.